The molecule has 2 atom stereocenters. The Balaban J connectivity index is 2.56. The maximum Gasteiger partial charge on any atom is 0.303 e. The predicted octanol–water partition coefficient (Wildman–Crippen LogP) is 4.33. The van der Waals surface area contributed by atoms with E-state index < -0.39 is 5.97 Å². The van der Waals surface area contributed by atoms with E-state index in [0.717, 1.165) is 16.7 Å². The Morgan fingerprint density at radius 3 is 1.96 bits per heavy atom. The largest absolute Gasteiger partial charge is 0.507 e. The summed E-state index contributed by atoms with van der Waals surface area (Å²) >= 11 is 0. The second kappa shape index (κ2) is 6.40. The number of carbonyl (C=O) groups is 1. The highest BCUT2D eigenvalue weighted by molar-refractivity contribution is 5.68. The predicted molar refractivity (Wildman–Crippen MR) is 94.9 cm³/mol. The summed E-state index contributed by atoms with van der Waals surface area (Å²) in [6.07, 6.45) is 0.960. The molecule has 0 amide bonds. The normalized spacial score (nSPS) is 19.2. The molecule has 0 radical (unpaired) electrons. The van der Waals surface area contributed by atoms with Crippen LogP contribution >= 0.6 is 0 Å². The maximum atomic E-state index is 11.3. The molecule has 24 heavy (non-hydrogen) atoms. The first-order chi connectivity index (χ1) is 10.9. The van der Waals surface area contributed by atoms with E-state index in [9.17, 15) is 15.0 Å². The van der Waals surface area contributed by atoms with Gasteiger partial charge in [-0.1, -0.05) is 53.7 Å². The van der Waals surface area contributed by atoms with Crippen LogP contribution in [0.2, 0.25) is 0 Å². The van der Waals surface area contributed by atoms with E-state index in [1.54, 1.807) is 0 Å². The lowest BCUT2D eigenvalue weighted by molar-refractivity contribution is -0.137. The molecular weight excluding hydrogens is 304 g/mol. The van der Waals surface area contributed by atoms with E-state index in [1.807, 2.05) is 12.1 Å². The number of aromatic hydroxyl groups is 1. The Bertz CT molecular complexity index is 581. The lowest BCUT2D eigenvalue weighted by Crippen LogP contribution is -2.19. The van der Waals surface area contributed by atoms with Crippen LogP contribution in [-0.4, -0.2) is 28.9 Å². The monoisotopic (exact) mass is 334 g/mol. The van der Waals surface area contributed by atoms with Gasteiger partial charge in [-0.2, -0.15) is 0 Å². The van der Waals surface area contributed by atoms with Crippen LogP contribution in [0.1, 0.15) is 77.0 Å². The fourth-order valence-corrected chi connectivity index (χ4v) is 3.11. The van der Waals surface area contributed by atoms with Gasteiger partial charge in [0.2, 0.25) is 0 Å². The minimum Gasteiger partial charge on any atom is -0.507 e. The first kappa shape index (κ1) is 18.8. The number of hydrogen-bond acceptors (Lipinski definition) is 3. The average molecular weight is 334 g/mol. The topological polar surface area (TPSA) is 70.1 Å². The summed E-state index contributed by atoms with van der Waals surface area (Å²) in [4.78, 5) is 11.3. The van der Waals surface area contributed by atoms with Crippen molar-refractivity contribution in [1.29, 1.82) is 0 Å². The molecule has 1 saturated heterocycles. The molecule has 1 aromatic rings. The number of carboxylic acids is 1. The minimum absolute atomic E-state index is 0.0812. The third-order valence-corrected chi connectivity index (χ3v) is 4.59. The first-order valence-corrected chi connectivity index (χ1v) is 8.61. The second-order valence-corrected chi connectivity index (χ2v) is 8.95. The van der Waals surface area contributed by atoms with Gasteiger partial charge in [-0.05, 0) is 39.9 Å². The molecule has 2 unspecified atom stereocenters. The van der Waals surface area contributed by atoms with Gasteiger partial charge in [0.05, 0.1) is 19.1 Å². The van der Waals surface area contributed by atoms with Gasteiger partial charge in [-0.25, -0.2) is 0 Å². The summed E-state index contributed by atoms with van der Waals surface area (Å²) < 4.78 is 5.32. The number of carboxylic acid groups (broad SMARTS) is 1. The van der Waals surface area contributed by atoms with Crippen LogP contribution in [-0.2, 0) is 20.4 Å². The van der Waals surface area contributed by atoms with Crippen LogP contribution < -0.4 is 0 Å². The summed E-state index contributed by atoms with van der Waals surface area (Å²) in [5.74, 6) is -0.573. The molecule has 134 valence electrons. The van der Waals surface area contributed by atoms with Crippen LogP contribution in [0.25, 0.3) is 0 Å². The molecule has 1 heterocycles. The minimum atomic E-state index is -0.802. The fourth-order valence-electron chi connectivity index (χ4n) is 3.11. The summed E-state index contributed by atoms with van der Waals surface area (Å²) in [5, 5.41) is 20.1. The van der Waals surface area contributed by atoms with Gasteiger partial charge in [-0.15, -0.1) is 0 Å². The number of aliphatic carboxylic acids is 1. The van der Waals surface area contributed by atoms with Crippen molar-refractivity contribution in [1.82, 2.24) is 0 Å². The SMILES string of the molecule is CC(C)(C)c1cc(C(CC(=O)O)CC2CO2)cc(C(C)(C)C)c1O. The summed E-state index contributed by atoms with van der Waals surface area (Å²) in [5.41, 5.74) is 2.29. The van der Waals surface area contributed by atoms with Gasteiger partial charge < -0.3 is 14.9 Å². The number of benzene rings is 1. The van der Waals surface area contributed by atoms with Gasteiger partial charge in [0.15, 0.2) is 0 Å². The Labute approximate surface area is 144 Å². The van der Waals surface area contributed by atoms with Crippen LogP contribution in [0.4, 0.5) is 0 Å². The van der Waals surface area contributed by atoms with Crippen LogP contribution in [0.15, 0.2) is 12.1 Å². The van der Waals surface area contributed by atoms with Crippen molar-refractivity contribution >= 4 is 5.97 Å². The average Bonchev–Trinajstić information content (AvgIpc) is 3.18. The molecule has 2 N–H and O–H groups in total. The van der Waals surface area contributed by atoms with Crippen molar-refractivity contribution < 1.29 is 19.7 Å². The van der Waals surface area contributed by atoms with E-state index in [2.05, 4.69) is 41.5 Å². The third-order valence-electron chi connectivity index (χ3n) is 4.59. The quantitative estimate of drug-likeness (QED) is 0.786. The van der Waals surface area contributed by atoms with Crippen molar-refractivity contribution in [2.75, 3.05) is 6.61 Å². The number of epoxide rings is 1. The van der Waals surface area contributed by atoms with E-state index in [0.29, 0.717) is 18.8 Å². The van der Waals surface area contributed by atoms with E-state index in [-0.39, 0.29) is 29.3 Å². The lowest BCUT2D eigenvalue weighted by Gasteiger charge is -2.29. The summed E-state index contributed by atoms with van der Waals surface area (Å²) in [6, 6.07) is 3.97. The van der Waals surface area contributed by atoms with Gasteiger partial charge in [0.25, 0.3) is 0 Å². The highest BCUT2D eigenvalue weighted by Gasteiger charge is 2.32. The van der Waals surface area contributed by atoms with Gasteiger partial charge in [-0.3, -0.25) is 4.79 Å². The lowest BCUT2D eigenvalue weighted by atomic mass is 9.76. The fraction of sp³-hybridized carbons (Fsp3) is 0.650. The molecule has 1 aliphatic heterocycles. The molecule has 0 spiro atoms. The highest BCUT2D eigenvalue weighted by atomic mass is 16.6. The van der Waals surface area contributed by atoms with Gasteiger partial charge in [0, 0.05) is 0 Å². The zero-order valence-electron chi connectivity index (χ0n) is 15.6. The number of phenols is 1. The van der Waals surface area contributed by atoms with Crippen molar-refractivity contribution in [3.63, 3.8) is 0 Å². The molecule has 2 rings (SSSR count). The molecule has 1 aromatic carbocycles. The number of hydrogen-bond donors (Lipinski definition) is 2. The van der Waals surface area contributed by atoms with E-state index in [1.165, 1.54) is 0 Å². The molecule has 0 aliphatic carbocycles. The Morgan fingerprint density at radius 2 is 1.62 bits per heavy atom. The van der Waals surface area contributed by atoms with Crippen molar-refractivity contribution in [2.45, 2.75) is 77.2 Å². The van der Waals surface area contributed by atoms with Crippen LogP contribution in [0, 0.1) is 0 Å². The summed E-state index contributed by atoms with van der Waals surface area (Å²) in [7, 11) is 0. The Kier molecular flexibility index (Phi) is 5.01. The standard InChI is InChI=1S/C20H30O4/c1-19(2,3)15-8-13(9-16(18(15)23)20(4,5)6)12(10-17(21)22)7-14-11-24-14/h8-9,12,14,23H,7,10-11H2,1-6H3,(H,21,22). The second-order valence-electron chi connectivity index (χ2n) is 8.95. The van der Waals surface area contributed by atoms with E-state index in [4.69, 9.17) is 4.74 Å². The molecule has 4 nitrogen and oxygen atoms in total. The Hall–Kier alpha value is -1.55. The number of rotatable bonds is 5. The van der Waals surface area contributed by atoms with E-state index >= 15 is 0 Å². The van der Waals surface area contributed by atoms with Gasteiger partial charge >= 0.3 is 5.97 Å². The molecule has 0 aromatic heterocycles. The van der Waals surface area contributed by atoms with Gasteiger partial charge in [0.1, 0.15) is 5.75 Å². The number of phenolic OH excluding ortho intramolecular Hbond substituents is 1. The Morgan fingerprint density at radius 1 is 1.17 bits per heavy atom. The molecule has 0 saturated carbocycles. The molecular formula is C20H30O4. The molecule has 1 aliphatic rings. The smallest absolute Gasteiger partial charge is 0.303 e. The third kappa shape index (κ3) is 4.50. The molecule has 1 fully saturated rings. The number of ether oxygens (including phenoxy) is 1. The zero-order chi connectivity index (χ0) is 18.3. The first-order valence-electron chi connectivity index (χ1n) is 8.61. The van der Waals surface area contributed by atoms with Crippen molar-refractivity contribution in [3.05, 3.63) is 28.8 Å². The van der Waals surface area contributed by atoms with Crippen molar-refractivity contribution in [2.24, 2.45) is 0 Å². The highest BCUT2D eigenvalue weighted by Crippen LogP contribution is 2.42. The summed E-state index contributed by atoms with van der Waals surface area (Å²) in [6.45, 7) is 13.1. The van der Waals surface area contributed by atoms with Crippen molar-refractivity contribution in [3.8, 4) is 5.75 Å². The molecule has 0 bridgehead atoms. The zero-order valence-corrected chi connectivity index (χ0v) is 15.6. The maximum absolute atomic E-state index is 11.3. The van der Waals surface area contributed by atoms with Crippen LogP contribution in [0.3, 0.4) is 0 Å². The van der Waals surface area contributed by atoms with Crippen LogP contribution in [0.5, 0.6) is 5.75 Å². The molecule has 4 heteroatoms.